The van der Waals surface area contributed by atoms with Crippen LogP contribution in [0.2, 0.25) is 0 Å². The van der Waals surface area contributed by atoms with Crippen LogP contribution in [0.5, 0.6) is 5.75 Å². The summed E-state index contributed by atoms with van der Waals surface area (Å²) in [4.78, 5) is 2.23. The Kier molecular flexibility index (Phi) is 4.36. The zero-order valence-corrected chi connectivity index (χ0v) is 12.8. The van der Waals surface area contributed by atoms with Gasteiger partial charge in [0.05, 0.1) is 31.1 Å². The van der Waals surface area contributed by atoms with Gasteiger partial charge in [-0.25, -0.2) is 0 Å². The number of piperidine rings is 1. The predicted octanol–water partition coefficient (Wildman–Crippen LogP) is 2.50. The van der Waals surface area contributed by atoms with Crippen LogP contribution in [0.4, 0.5) is 5.82 Å². The Balaban J connectivity index is 1.66. The minimum atomic E-state index is -0.475. The van der Waals surface area contributed by atoms with Crippen LogP contribution < -0.4 is 9.64 Å². The number of rotatable bonds is 4. The molecule has 21 heavy (non-hydrogen) atoms. The number of aromatic nitrogens is 2. The Bertz CT molecular complexity index is 568. The molecule has 2 heterocycles. The van der Waals surface area contributed by atoms with E-state index in [0.717, 1.165) is 43.1 Å². The van der Waals surface area contributed by atoms with E-state index in [-0.39, 0.29) is 5.92 Å². The molecule has 1 fully saturated rings. The van der Waals surface area contributed by atoms with E-state index in [1.165, 1.54) is 11.7 Å². The van der Waals surface area contributed by atoms with Crippen molar-refractivity contribution in [3.8, 4) is 5.75 Å². The second-order valence-corrected chi connectivity index (χ2v) is 5.83. The monoisotopic (exact) mass is 305 g/mol. The molecule has 1 aliphatic heterocycles. The molecule has 112 valence electrons. The molecule has 6 heteroatoms. The first kappa shape index (κ1) is 14.3. The van der Waals surface area contributed by atoms with Crippen molar-refractivity contribution in [2.75, 3.05) is 25.1 Å². The molecule has 1 aromatic heterocycles. The van der Waals surface area contributed by atoms with Gasteiger partial charge in [-0.3, -0.25) is 0 Å². The van der Waals surface area contributed by atoms with Gasteiger partial charge in [0.15, 0.2) is 5.82 Å². The molecule has 1 saturated heterocycles. The second-order valence-electron chi connectivity index (χ2n) is 5.28. The van der Waals surface area contributed by atoms with Gasteiger partial charge in [0.2, 0.25) is 0 Å². The molecule has 1 atom stereocenters. The highest BCUT2D eigenvalue weighted by atomic mass is 32.1. The minimum absolute atomic E-state index is 0.254. The SMILES string of the molecule is COc1ccccc1C(O)C1CCN(c2cnsn2)CC1. The summed E-state index contributed by atoms with van der Waals surface area (Å²) in [5, 5.41) is 10.6. The molecule has 0 radical (unpaired) electrons. The van der Waals surface area contributed by atoms with Gasteiger partial charge in [0.25, 0.3) is 0 Å². The standard InChI is InChI=1S/C15H19N3O2S/c1-20-13-5-3-2-4-12(13)15(19)11-6-8-18(9-7-11)14-10-16-21-17-14/h2-5,10-11,15,19H,6-9H2,1H3. The zero-order valence-electron chi connectivity index (χ0n) is 12.0. The molecule has 1 aliphatic rings. The summed E-state index contributed by atoms with van der Waals surface area (Å²) < 4.78 is 13.7. The summed E-state index contributed by atoms with van der Waals surface area (Å²) in [5.41, 5.74) is 0.883. The van der Waals surface area contributed by atoms with Gasteiger partial charge in [-0.2, -0.15) is 8.75 Å². The number of hydrogen-bond acceptors (Lipinski definition) is 6. The number of aliphatic hydroxyl groups excluding tert-OH is 1. The maximum absolute atomic E-state index is 10.6. The first-order valence-electron chi connectivity index (χ1n) is 7.13. The summed E-state index contributed by atoms with van der Waals surface area (Å²) in [5.74, 6) is 1.96. The van der Waals surface area contributed by atoms with E-state index in [1.807, 2.05) is 30.5 Å². The number of ether oxygens (including phenoxy) is 1. The van der Waals surface area contributed by atoms with Crippen LogP contribution in [0, 0.1) is 5.92 Å². The fourth-order valence-electron chi connectivity index (χ4n) is 2.91. The van der Waals surface area contributed by atoms with Gasteiger partial charge in [-0.05, 0) is 24.8 Å². The third-order valence-electron chi connectivity index (χ3n) is 4.12. The molecule has 0 aliphatic carbocycles. The average Bonchev–Trinajstić information content (AvgIpc) is 3.09. The van der Waals surface area contributed by atoms with Gasteiger partial charge in [-0.1, -0.05) is 18.2 Å². The van der Waals surface area contributed by atoms with Crippen molar-refractivity contribution < 1.29 is 9.84 Å². The summed E-state index contributed by atoms with van der Waals surface area (Å²) >= 11 is 1.23. The fourth-order valence-corrected chi connectivity index (χ4v) is 3.34. The molecule has 2 aromatic rings. The van der Waals surface area contributed by atoms with Crippen molar-refractivity contribution in [2.45, 2.75) is 18.9 Å². The molecule has 5 nitrogen and oxygen atoms in total. The number of para-hydroxylation sites is 1. The lowest BCUT2D eigenvalue weighted by Crippen LogP contribution is -2.35. The van der Waals surface area contributed by atoms with E-state index < -0.39 is 6.10 Å². The molecule has 1 N–H and O–H groups in total. The largest absolute Gasteiger partial charge is 0.496 e. The van der Waals surface area contributed by atoms with Crippen LogP contribution in [0.3, 0.4) is 0 Å². The molecular weight excluding hydrogens is 286 g/mol. The number of nitrogens with zero attached hydrogens (tertiary/aromatic N) is 3. The lowest BCUT2D eigenvalue weighted by atomic mass is 9.87. The Morgan fingerprint density at radius 1 is 1.33 bits per heavy atom. The summed E-state index contributed by atoms with van der Waals surface area (Å²) in [6, 6.07) is 7.71. The van der Waals surface area contributed by atoms with Crippen LogP contribution in [-0.2, 0) is 0 Å². The predicted molar refractivity (Wildman–Crippen MR) is 82.8 cm³/mol. The third kappa shape index (κ3) is 3.01. The van der Waals surface area contributed by atoms with E-state index in [1.54, 1.807) is 7.11 Å². The van der Waals surface area contributed by atoms with Crippen molar-refractivity contribution in [3.63, 3.8) is 0 Å². The minimum Gasteiger partial charge on any atom is -0.496 e. The Morgan fingerprint density at radius 2 is 2.10 bits per heavy atom. The lowest BCUT2D eigenvalue weighted by Gasteiger charge is -2.34. The first-order chi connectivity index (χ1) is 10.3. The van der Waals surface area contributed by atoms with E-state index in [2.05, 4.69) is 13.6 Å². The van der Waals surface area contributed by atoms with E-state index >= 15 is 0 Å². The molecule has 0 saturated carbocycles. The lowest BCUT2D eigenvalue weighted by molar-refractivity contribution is 0.0903. The third-order valence-corrected chi connectivity index (χ3v) is 4.59. The highest BCUT2D eigenvalue weighted by Gasteiger charge is 2.28. The quantitative estimate of drug-likeness (QED) is 0.940. The van der Waals surface area contributed by atoms with Crippen molar-refractivity contribution in [2.24, 2.45) is 5.92 Å². The summed E-state index contributed by atoms with van der Waals surface area (Å²) in [6.07, 6.45) is 3.21. The van der Waals surface area contributed by atoms with Gasteiger partial charge < -0.3 is 14.7 Å². The van der Waals surface area contributed by atoms with Crippen LogP contribution in [0.15, 0.2) is 30.5 Å². The highest BCUT2D eigenvalue weighted by Crippen LogP contribution is 2.35. The van der Waals surface area contributed by atoms with Crippen LogP contribution in [0.25, 0.3) is 0 Å². The van der Waals surface area contributed by atoms with E-state index in [0.29, 0.717) is 0 Å². The van der Waals surface area contributed by atoms with Crippen molar-refractivity contribution in [1.82, 2.24) is 8.75 Å². The van der Waals surface area contributed by atoms with Crippen molar-refractivity contribution >= 4 is 17.5 Å². The Labute approximate surface area is 128 Å². The van der Waals surface area contributed by atoms with Crippen LogP contribution in [0.1, 0.15) is 24.5 Å². The molecule has 0 amide bonds. The molecule has 3 rings (SSSR count). The smallest absolute Gasteiger partial charge is 0.162 e. The van der Waals surface area contributed by atoms with Crippen LogP contribution >= 0.6 is 11.7 Å². The molecule has 0 bridgehead atoms. The molecular formula is C15H19N3O2S. The average molecular weight is 305 g/mol. The highest BCUT2D eigenvalue weighted by molar-refractivity contribution is 6.99. The van der Waals surface area contributed by atoms with Gasteiger partial charge in [-0.15, -0.1) is 0 Å². The maximum Gasteiger partial charge on any atom is 0.162 e. The normalized spacial score (nSPS) is 17.7. The van der Waals surface area contributed by atoms with Gasteiger partial charge >= 0.3 is 0 Å². The van der Waals surface area contributed by atoms with E-state index in [9.17, 15) is 5.11 Å². The second kappa shape index (κ2) is 6.41. The Morgan fingerprint density at radius 3 is 2.76 bits per heavy atom. The van der Waals surface area contributed by atoms with Gasteiger partial charge in [0, 0.05) is 18.7 Å². The number of hydrogen-bond donors (Lipinski definition) is 1. The first-order valence-corrected chi connectivity index (χ1v) is 7.86. The van der Waals surface area contributed by atoms with Gasteiger partial charge in [0.1, 0.15) is 5.75 Å². The number of benzene rings is 1. The number of anilines is 1. The maximum atomic E-state index is 10.6. The Hall–Kier alpha value is -1.66. The molecule has 0 spiro atoms. The fraction of sp³-hybridized carbons (Fsp3) is 0.467. The molecule has 1 unspecified atom stereocenters. The number of aliphatic hydroxyl groups is 1. The summed E-state index contributed by atoms with van der Waals surface area (Å²) in [7, 11) is 1.64. The van der Waals surface area contributed by atoms with Crippen molar-refractivity contribution in [1.29, 1.82) is 0 Å². The summed E-state index contributed by atoms with van der Waals surface area (Å²) in [6.45, 7) is 1.81. The molecule has 1 aromatic carbocycles. The topological polar surface area (TPSA) is 58.5 Å². The van der Waals surface area contributed by atoms with E-state index in [4.69, 9.17) is 4.74 Å². The van der Waals surface area contributed by atoms with Crippen molar-refractivity contribution in [3.05, 3.63) is 36.0 Å². The zero-order chi connectivity index (χ0) is 14.7. The van der Waals surface area contributed by atoms with Crippen LogP contribution in [-0.4, -0.2) is 34.1 Å². The number of methoxy groups -OCH3 is 1.